The molecule has 2 rings (SSSR count). The van der Waals surface area contributed by atoms with Crippen molar-refractivity contribution in [3.8, 4) is 0 Å². The minimum Gasteiger partial charge on any atom is -0.479 e. The van der Waals surface area contributed by atoms with Gasteiger partial charge in [0.15, 0.2) is 5.90 Å². The molecule has 2 heterocycles. The average Bonchev–Trinajstić information content (AvgIpc) is 2.76. The van der Waals surface area contributed by atoms with E-state index in [0.29, 0.717) is 13.0 Å². The molecule has 1 amide bonds. The van der Waals surface area contributed by atoms with Crippen LogP contribution in [0.3, 0.4) is 0 Å². The van der Waals surface area contributed by atoms with Gasteiger partial charge in [0, 0.05) is 19.5 Å². The van der Waals surface area contributed by atoms with Crippen molar-refractivity contribution in [1.82, 2.24) is 4.90 Å². The predicted molar refractivity (Wildman–Crippen MR) is 53.2 cm³/mol. The fraction of sp³-hybridized carbons (Fsp3) is 0.800. The lowest BCUT2D eigenvalue weighted by atomic mass is 10.1. The van der Waals surface area contributed by atoms with E-state index in [9.17, 15) is 4.79 Å². The first-order valence-electron chi connectivity index (χ1n) is 5.26. The van der Waals surface area contributed by atoms with Crippen LogP contribution in [-0.2, 0) is 9.53 Å². The number of ether oxygens (including phenoxy) is 1. The number of nitrogens with zero attached hydrogens (tertiary/aromatic N) is 2. The molecule has 14 heavy (non-hydrogen) atoms. The monoisotopic (exact) mass is 196 g/mol. The van der Waals surface area contributed by atoms with Crippen LogP contribution in [-0.4, -0.2) is 42.9 Å². The molecule has 0 bridgehead atoms. The summed E-state index contributed by atoms with van der Waals surface area (Å²) in [5.41, 5.74) is 0. The van der Waals surface area contributed by atoms with Crippen LogP contribution in [0.25, 0.3) is 0 Å². The number of carbonyl (C=O) groups is 1. The summed E-state index contributed by atoms with van der Waals surface area (Å²) in [4.78, 5) is 17.7. The quantitative estimate of drug-likeness (QED) is 0.666. The molecular formula is C10H16N2O2. The lowest BCUT2D eigenvalue weighted by molar-refractivity contribution is -0.127. The number of rotatable bonds is 3. The zero-order chi connectivity index (χ0) is 9.97. The van der Waals surface area contributed by atoms with Gasteiger partial charge >= 0.3 is 0 Å². The Morgan fingerprint density at radius 1 is 1.64 bits per heavy atom. The van der Waals surface area contributed by atoms with E-state index in [1.165, 1.54) is 0 Å². The third-order valence-corrected chi connectivity index (χ3v) is 2.67. The fourth-order valence-electron chi connectivity index (χ4n) is 2.02. The molecule has 0 aromatic rings. The summed E-state index contributed by atoms with van der Waals surface area (Å²) in [5, 5.41) is 0. The molecule has 0 aliphatic carbocycles. The van der Waals surface area contributed by atoms with Gasteiger partial charge in [0.25, 0.3) is 0 Å². The number of hydrogen-bond acceptors (Lipinski definition) is 3. The molecule has 1 unspecified atom stereocenters. The Morgan fingerprint density at radius 3 is 3.14 bits per heavy atom. The second-order valence-corrected chi connectivity index (χ2v) is 3.81. The van der Waals surface area contributed by atoms with E-state index >= 15 is 0 Å². The third kappa shape index (κ3) is 1.74. The lowest BCUT2D eigenvalue weighted by Crippen LogP contribution is -2.27. The van der Waals surface area contributed by atoms with E-state index in [4.69, 9.17) is 4.74 Å². The first-order chi connectivity index (χ1) is 6.81. The van der Waals surface area contributed by atoms with Crippen molar-refractivity contribution in [3.05, 3.63) is 0 Å². The molecule has 2 aliphatic rings. The molecule has 2 aliphatic heterocycles. The predicted octanol–water partition coefficient (Wildman–Crippen LogP) is 0.674. The van der Waals surface area contributed by atoms with Gasteiger partial charge in [-0.15, -0.1) is 0 Å². The van der Waals surface area contributed by atoms with Crippen molar-refractivity contribution in [2.45, 2.75) is 19.8 Å². The summed E-state index contributed by atoms with van der Waals surface area (Å²) >= 11 is 0. The van der Waals surface area contributed by atoms with Crippen molar-refractivity contribution in [1.29, 1.82) is 0 Å². The number of carbonyl (C=O) groups excluding carboxylic acids is 1. The van der Waals surface area contributed by atoms with Gasteiger partial charge in [-0.3, -0.25) is 9.79 Å². The molecule has 1 fully saturated rings. The number of amides is 1. The van der Waals surface area contributed by atoms with Crippen LogP contribution in [0.2, 0.25) is 0 Å². The summed E-state index contributed by atoms with van der Waals surface area (Å²) in [6, 6.07) is 0. The maximum atomic E-state index is 11.5. The van der Waals surface area contributed by atoms with Gasteiger partial charge in [-0.05, 0) is 6.42 Å². The van der Waals surface area contributed by atoms with Gasteiger partial charge < -0.3 is 9.64 Å². The Kier molecular flexibility index (Phi) is 2.70. The topological polar surface area (TPSA) is 41.9 Å². The van der Waals surface area contributed by atoms with E-state index in [0.717, 1.165) is 32.0 Å². The van der Waals surface area contributed by atoms with Gasteiger partial charge in [0.05, 0.1) is 12.5 Å². The maximum absolute atomic E-state index is 11.5. The lowest BCUT2D eigenvalue weighted by Gasteiger charge is -2.14. The van der Waals surface area contributed by atoms with Gasteiger partial charge in [-0.25, -0.2) is 0 Å². The molecule has 0 radical (unpaired) electrons. The molecule has 4 nitrogen and oxygen atoms in total. The number of hydrogen-bond donors (Lipinski definition) is 0. The van der Waals surface area contributed by atoms with Crippen LogP contribution < -0.4 is 0 Å². The van der Waals surface area contributed by atoms with E-state index in [1.54, 1.807) is 0 Å². The van der Waals surface area contributed by atoms with Gasteiger partial charge in [-0.1, -0.05) is 6.92 Å². The van der Waals surface area contributed by atoms with Crippen molar-refractivity contribution in [2.75, 3.05) is 26.2 Å². The summed E-state index contributed by atoms with van der Waals surface area (Å²) in [6.45, 7) is 5.19. The Bertz CT molecular complexity index is 263. The molecule has 0 N–H and O–H groups in total. The number of aliphatic imine (C=N–C) groups is 1. The normalized spacial score (nSPS) is 26.6. The van der Waals surface area contributed by atoms with Crippen LogP contribution in [0, 0.1) is 5.92 Å². The summed E-state index contributed by atoms with van der Waals surface area (Å²) < 4.78 is 5.38. The van der Waals surface area contributed by atoms with Crippen molar-refractivity contribution < 1.29 is 9.53 Å². The largest absolute Gasteiger partial charge is 0.479 e. The Morgan fingerprint density at radius 2 is 2.50 bits per heavy atom. The SMILES string of the molecule is CCCN1CC(C2=NCCO2)CC1=O. The van der Waals surface area contributed by atoms with Gasteiger partial charge in [-0.2, -0.15) is 0 Å². The Balaban J connectivity index is 1.95. The highest BCUT2D eigenvalue weighted by Gasteiger charge is 2.34. The van der Waals surface area contributed by atoms with Gasteiger partial charge in [0.2, 0.25) is 5.91 Å². The smallest absolute Gasteiger partial charge is 0.223 e. The van der Waals surface area contributed by atoms with E-state index in [2.05, 4.69) is 11.9 Å². The molecule has 78 valence electrons. The standard InChI is InChI=1S/C10H16N2O2/c1-2-4-12-7-8(6-9(12)13)10-11-3-5-14-10/h8H,2-7H2,1H3. The van der Waals surface area contributed by atoms with E-state index in [1.807, 2.05) is 4.90 Å². The minimum absolute atomic E-state index is 0.219. The highest BCUT2D eigenvalue weighted by Crippen LogP contribution is 2.21. The molecule has 4 heteroatoms. The zero-order valence-corrected chi connectivity index (χ0v) is 8.53. The zero-order valence-electron chi connectivity index (χ0n) is 8.53. The van der Waals surface area contributed by atoms with Crippen LogP contribution in [0.4, 0.5) is 0 Å². The Hall–Kier alpha value is -1.06. The maximum Gasteiger partial charge on any atom is 0.223 e. The highest BCUT2D eigenvalue weighted by molar-refractivity contribution is 5.89. The molecule has 0 aromatic heterocycles. The molecular weight excluding hydrogens is 180 g/mol. The van der Waals surface area contributed by atoms with Crippen molar-refractivity contribution in [2.24, 2.45) is 10.9 Å². The van der Waals surface area contributed by atoms with Crippen molar-refractivity contribution in [3.63, 3.8) is 0 Å². The second kappa shape index (κ2) is 3.98. The van der Waals surface area contributed by atoms with Crippen LogP contribution in [0.5, 0.6) is 0 Å². The first-order valence-corrected chi connectivity index (χ1v) is 5.26. The molecule has 0 spiro atoms. The number of likely N-dealkylation sites (tertiary alicyclic amines) is 1. The summed E-state index contributed by atoms with van der Waals surface area (Å²) in [5.74, 6) is 1.27. The summed E-state index contributed by atoms with van der Waals surface area (Å²) in [6.07, 6.45) is 1.60. The molecule has 0 aromatic carbocycles. The Labute approximate surface area is 83.9 Å². The highest BCUT2D eigenvalue weighted by atomic mass is 16.5. The van der Waals surface area contributed by atoms with Crippen LogP contribution in [0.1, 0.15) is 19.8 Å². The van der Waals surface area contributed by atoms with E-state index < -0.39 is 0 Å². The summed E-state index contributed by atoms with van der Waals surface area (Å²) in [7, 11) is 0. The molecule has 1 saturated heterocycles. The van der Waals surface area contributed by atoms with Crippen LogP contribution in [0.15, 0.2) is 4.99 Å². The van der Waals surface area contributed by atoms with Crippen LogP contribution >= 0.6 is 0 Å². The molecule has 1 atom stereocenters. The fourth-order valence-corrected chi connectivity index (χ4v) is 2.02. The first kappa shape index (κ1) is 9.49. The second-order valence-electron chi connectivity index (χ2n) is 3.81. The van der Waals surface area contributed by atoms with Gasteiger partial charge in [0.1, 0.15) is 6.61 Å². The van der Waals surface area contributed by atoms with Crippen molar-refractivity contribution >= 4 is 11.8 Å². The average molecular weight is 196 g/mol. The third-order valence-electron chi connectivity index (χ3n) is 2.67. The minimum atomic E-state index is 0.219. The molecule has 0 saturated carbocycles. The van der Waals surface area contributed by atoms with E-state index in [-0.39, 0.29) is 11.8 Å².